The fourth-order valence-electron chi connectivity index (χ4n) is 1.88. The second-order valence-corrected chi connectivity index (χ2v) is 5.57. The van der Waals surface area contributed by atoms with Crippen LogP contribution in [0, 0.1) is 0 Å². The molecule has 0 atom stereocenters. The van der Waals surface area contributed by atoms with Gasteiger partial charge < -0.3 is 10.3 Å². The van der Waals surface area contributed by atoms with Crippen molar-refractivity contribution in [2.45, 2.75) is 17.2 Å². The van der Waals surface area contributed by atoms with Crippen molar-refractivity contribution in [3.05, 3.63) is 66.0 Å². The average Bonchev–Trinajstić information content (AvgIpc) is 3.03. The summed E-state index contributed by atoms with van der Waals surface area (Å²) in [5, 5.41) is 4.02. The fourth-order valence-corrected chi connectivity index (χ4v) is 2.64. The van der Waals surface area contributed by atoms with E-state index in [-0.39, 0.29) is 0 Å². The molecule has 4 nitrogen and oxygen atoms in total. The Bertz CT molecular complexity index is 695. The fraction of sp³-hybridized carbons (Fsp3) is 0.125. The van der Waals surface area contributed by atoms with E-state index in [9.17, 15) is 0 Å². The van der Waals surface area contributed by atoms with Crippen LogP contribution in [0.2, 0.25) is 0 Å². The summed E-state index contributed by atoms with van der Waals surface area (Å²) in [6, 6.07) is 18.0. The van der Waals surface area contributed by atoms with E-state index in [2.05, 4.69) is 22.3 Å². The first-order chi connectivity index (χ1) is 10.3. The molecule has 2 aromatic carbocycles. The van der Waals surface area contributed by atoms with Gasteiger partial charge in [-0.15, -0.1) is 11.8 Å². The predicted octanol–water partition coefficient (Wildman–Crippen LogP) is 3.49. The quantitative estimate of drug-likeness (QED) is 0.730. The van der Waals surface area contributed by atoms with E-state index < -0.39 is 0 Å². The predicted molar refractivity (Wildman–Crippen MR) is 83.6 cm³/mol. The molecule has 0 saturated heterocycles. The molecule has 0 radical (unpaired) electrons. The normalized spacial score (nSPS) is 10.7. The van der Waals surface area contributed by atoms with Crippen molar-refractivity contribution in [1.29, 1.82) is 0 Å². The lowest BCUT2D eigenvalue weighted by Gasteiger charge is -1.97. The summed E-state index contributed by atoms with van der Waals surface area (Å²) in [4.78, 5) is 5.61. The van der Waals surface area contributed by atoms with Crippen LogP contribution in [-0.2, 0) is 12.3 Å². The molecule has 5 heteroatoms. The standard InChI is InChI=1S/C16H15N3OS/c17-10-12-6-8-13(9-7-12)16-18-15(19-20-16)11-21-14-4-2-1-3-5-14/h1-9H,10-11,17H2. The minimum Gasteiger partial charge on any atom is -0.334 e. The zero-order chi connectivity index (χ0) is 14.5. The van der Waals surface area contributed by atoms with Crippen molar-refractivity contribution in [2.24, 2.45) is 5.73 Å². The Morgan fingerprint density at radius 3 is 2.48 bits per heavy atom. The Morgan fingerprint density at radius 2 is 1.76 bits per heavy atom. The highest BCUT2D eigenvalue weighted by Crippen LogP contribution is 2.23. The molecule has 2 N–H and O–H groups in total. The van der Waals surface area contributed by atoms with E-state index >= 15 is 0 Å². The monoisotopic (exact) mass is 297 g/mol. The molecular weight excluding hydrogens is 282 g/mol. The zero-order valence-corrected chi connectivity index (χ0v) is 12.2. The Labute approximate surface area is 127 Å². The number of hydrogen-bond acceptors (Lipinski definition) is 5. The zero-order valence-electron chi connectivity index (χ0n) is 11.4. The first kappa shape index (κ1) is 13.9. The molecule has 0 aliphatic rings. The highest BCUT2D eigenvalue weighted by atomic mass is 32.2. The summed E-state index contributed by atoms with van der Waals surface area (Å²) in [7, 11) is 0. The lowest BCUT2D eigenvalue weighted by Crippen LogP contribution is -1.95. The van der Waals surface area contributed by atoms with Gasteiger partial charge in [-0.2, -0.15) is 4.98 Å². The number of nitrogens with zero attached hydrogens (tertiary/aromatic N) is 2. The third-order valence-corrected chi connectivity index (χ3v) is 4.02. The molecule has 0 fully saturated rings. The van der Waals surface area contributed by atoms with Gasteiger partial charge in [0, 0.05) is 17.0 Å². The molecule has 0 amide bonds. The largest absolute Gasteiger partial charge is 0.334 e. The third kappa shape index (κ3) is 3.51. The Morgan fingerprint density at radius 1 is 1.00 bits per heavy atom. The Kier molecular flexibility index (Phi) is 4.33. The highest BCUT2D eigenvalue weighted by Gasteiger charge is 2.09. The van der Waals surface area contributed by atoms with Gasteiger partial charge in [0.25, 0.3) is 5.89 Å². The molecule has 0 aliphatic heterocycles. The molecule has 3 rings (SSSR count). The van der Waals surface area contributed by atoms with Crippen LogP contribution in [0.1, 0.15) is 11.4 Å². The lowest BCUT2D eigenvalue weighted by molar-refractivity contribution is 0.425. The molecule has 21 heavy (non-hydrogen) atoms. The highest BCUT2D eigenvalue weighted by molar-refractivity contribution is 7.98. The molecule has 106 valence electrons. The van der Waals surface area contributed by atoms with Gasteiger partial charge in [0.1, 0.15) is 0 Å². The summed E-state index contributed by atoms with van der Waals surface area (Å²) >= 11 is 1.69. The average molecular weight is 297 g/mol. The number of benzene rings is 2. The number of hydrogen-bond donors (Lipinski definition) is 1. The van der Waals surface area contributed by atoms with Gasteiger partial charge in [-0.3, -0.25) is 0 Å². The second kappa shape index (κ2) is 6.56. The molecular formula is C16H15N3OS. The van der Waals surface area contributed by atoms with Crippen molar-refractivity contribution >= 4 is 11.8 Å². The van der Waals surface area contributed by atoms with E-state index in [0.29, 0.717) is 24.0 Å². The van der Waals surface area contributed by atoms with Gasteiger partial charge in [0.05, 0.1) is 5.75 Å². The first-order valence-electron chi connectivity index (χ1n) is 6.65. The van der Waals surface area contributed by atoms with Crippen LogP contribution in [0.5, 0.6) is 0 Å². The SMILES string of the molecule is NCc1ccc(-c2nc(CSc3ccccc3)no2)cc1. The summed E-state index contributed by atoms with van der Waals surface area (Å²) in [5.74, 6) is 1.93. The minimum absolute atomic E-state index is 0.531. The summed E-state index contributed by atoms with van der Waals surface area (Å²) < 4.78 is 5.31. The second-order valence-electron chi connectivity index (χ2n) is 4.52. The van der Waals surface area contributed by atoms with Crippen molar-refractivity contribution in [1.82, 2.24) is 10.1 Å². The number of rotatable bonds is 5. The maximum Gasteiger partial charge on any atom is 0.257 e. The van der Waals surface area contributed by atoms with Crippen LogP contribution in [-0.4, -0.2) is 10.1 Å². The van der Waals surface area contributed by atoms with E-state index in [1.54, 1.807) is 11.8 Å². The third-order valence-electron chi connectivity index (χ3n) is 3.02. The molecule has 0 aliphatic carbocycles. The smallest absolute Gasteiger partial charge is 0.257 e. The summed E-state index contributed by atoms with van der Waals surface area (Å²) in [6.45, 7) is 0.531. The van der Waals surface area contributed by atoms with E-state index in [1.807, 2.05) is 42.5 Å². The van der Waals surface area contributed by atoms with E-state index in [1.165, 1.54) is 4.90 Å². The number of nitrogens with two attached hydrogens (primary N) is 1. The van der Waals surface area contributed by atoms with Crippen molar-refractivity contribution in [2.75, 3.05) is 0 Å². The van der Waals surface area contributed by atoms with Crippen LogP contribution in [0.15, 0.2) is 64.0 Å². The van der Waals surface area contributed by atoms with Gasteiger partial charge in [-0.1, -0.05) is 35.5 Å². The minimum atomic E-state index is 0.531. The topological polar surface area (TPSA) is 64.9 Å². The van der Waals surface area contributed by atoms with Crippen molar-refractivity contribution < 1.29 is 4.52 Å². The molecule has 0 saturated carbocycles. The number of aromatic nitrogens is 2. The maximum atomic E-state index is 5.58. The Balaban J connectivity index is 1.68. The van der Waals surface area contributed by atoms with Crippen LogP contribution in [0.25, 0.3) is 11.5 Å². The lowest BCUT2D eigenvalue weighted by atomic mass is 10.1. The van der Waals surface area contributed by atoms with Gasteiger partial charge in [-0.05, 0) is 29.8 Å². The van der Waals surface area contributed by atoms with Crippen LogP contribution >= 0.6 is 11.8 Å². The molecule has 0 spiro atoms. The molecule has 1 heterocycles. The van der Waals surface area contributed by atoms with Gasteiger partial charge in [-0.25, -0.2) is 0 Å². The van der Waals surface area contributed by atoms with Crippen molar-refractivity contribution in [3.63, 3.8) is 0 Å². The van der Waals surface area contributed by atoms with Gasteiger partial charge in [0.2, 0.25) is 0 Å². The molecule has 0 bridgehead atoms. The molecule has 1 aromatic heterocycles. The van der Waals surface area contributed by atoms with E-state index in [0.717, 1.165) is 11.1 Å². The van der Waals surface area contributed by atoms with Gasteiger partial charge in [0.15, 0.2) is 5.82 Å². The molecule has 0 unspecified atom stereocenters. The van der Waals surface area contributed by atoms with E-state index in [4.69, 9.17) is 10.3 Å². The van der Waals surface area contributed by atoms with Crippen LogP contribution in [0.3, 0.4) is 0 Å². The molecule has 3 aromatic rings. The number of thioether (sulfide) groups is 1. The van der Waals surface area contributed by atoms with Gasteiger partial charge >= 0.3 is 0 Å². The summed E-state index contributed by atoms with van der Waals surface area (Å²) in [6.07, 6.45) is 0. The van der Waals surface area contributed by atoms with Crippen LogP contribution < -0.4 is 5.73 Å². The first-order valence-corrected chi connectivity index (χ1v) is 7.63. The summed E-state index contributed by atoms with van der Waals surface area (Å²) in [5.41, 5.74) is 7.58. The van der Waals surface area contributed by atoms with Crippen LogP contribution in [0.4, 0.5) is 0 Å². The Hall–Kier alpha value is -2.11. The maximum absolute atomic E-state index is 5.58. The van der Waals surface area contributed by atoms with Crippen molar-refractivity contribution in [3.8, 4) is 11.5 Å².